The molecule has 2 aromatic carbocycles. The molecule has 3 N–H and O–H groups in total. The molecule has 1 saturated carbocycles. The molecule has 1 aliphatic heterocycles. The average molecular weight is 531 g/mol. The highest BCUT2D eigenvalue weighted by atomic mass is 32.1. The normalized spacial score (nSPS) is 18.8. The Bertz CT molecular complexity index is 1580. The number of rotatable bonds is 5. The number of fused-ring (bicyclic) bond motifs is 1. The van der Waals surface area contributed by atoms with Gasteiger partial charge in [0.25, 0.3) is 5.91 Å². The number of nitrogens with zero attached hydrogens (tertiary/aromatic N) is 5. The third-order valence-corrected chi connectivity index (χ3v) is 8.77. The van der Waals surface area contributed by atoms with Crippen LogP contribution in [0.15, 0.2) is 42.5 Å². The van der Waals surface area contributed by atoms with Crippen LogP contribution >= 0.6 is 11.3 Å². The van der Waals surface area contributed by atoms with Crippen molar-refractivity contribution in [2.45, 2.75) is 50.3 Å². The largest absolute Gasteiger partial charge is 0.388 e. The standard InChI is InChI=1S/C28H27FN6O2S/c29-22-11-17(4-5-19(22)14-30)21-13-25(27(36)34-10-1-3-20(31)15-34)38-26(21)18-6-7-24-23(12-18)32-33-35(24)16-28(37)8-2-9-28/h4-7,11-13,20,37H,1-3,8-10,15-16,31H2. The second kappa shape index (κ2) is 9.58. The molecule has 1 aliphatic carbocycles. The van der Waals surface area contributed by atoms with Crippen molar-refractivity contribution in [3.8, 4) is 27.6 Å². The van der Waals surface area contributed by atoms with E-state index in [1.54, 1.807) is 21.7 Å². The molecule has 38 heavy (non-hydrogen) atoms. The van der Waals surface area contributed by atoms with Gasteiger partial charge in [-0.25, -0.2) is 9.07 Å². The minimum absolute atomic E-state index is 0.0321. The first-order valence-corrected chi connectivity index (χ1v) is 13.6. The molecule has 1 atom stereocenters. The summed E-state index contributed by atoms with van der Waals surface area (Å²) in [5.74, 6) is -0.697. The molecule has 2 aromatic heterocycles. The number of hydrogen-bond acceptors (Lipinski definition) is 7. The maximum absolute atomic E-state index is 14.6. The fourth-order valence-corrected chi connectivity index (χ4v) is 6.45. The first-order valence-electron chi connectivity index (χ1n) is 12.8. The van der Waals surface area contributed by atoms with E-state index in [-0.39, 0.29) is 17.5 Å². The van der Waals surface area contributed by atoms with Crippen LogP contribution in [0.1, 0.15) is 47.3 Å². The molecule has 1 saturated heterocycles. The Morgan fingerprint density at radius 2 is 2.03 bits per heavy atom. The molecule has 4 aromatic rings. The quantitative estimate of drug-likeness (QED) is 0.397. The molecule has 2 fully saturated rings. The van der Waals surface area contributed by atoms with Crippen molar-refractivity contribution in [3.05, 3.63) is 58.7 Å². The smallest absolute Gasteiger partial charge is 0.264 e. The minimum Gasteiger partial charge on any atom is -0.388 e. The molecule has 194 valence electrons. The number of carbonyl (C=O) groups excluding carboxylic acids is 1. The predicted molar refractivity (Wildman–Crippen MR) is 143 cm³/mol. The molecular formula is C28H27FN6O2S. The molecule has 1 amide bonds. The number of nitriles is 1. The van der Waals surface area contributed by atoms with Crippen LogP contribution in [0.4, 0.5) is 4.39 Å². The highest BCUT2D eigenvalue weighted by Gasteiger charge is 2.35. The van der Waals surface area contributed by atoms with Gasteiger partial charge in [-0.1, -0.05) is 17.3 Å². The summed E-state index contributed by atoms with van der Waals surface area (Å²) >= 11 is 1.35. The topological polar surface area (TPSA) is 121 Å². The number of piperidine rings is 1. The predicted octanol–water partition coefficient (Wildman–Crippen LogP) is 4.32. The maximum atomic E-state index is 14.6. The van der Waals surface area contributed by atoms with Crippen molar-refractivity contribution >= 4 is 28.3 Å². The van der Waals surface area contributed by atoms with Gasteiger partial charge >= 0.3 is 0 Å². The monoisotopic (exact) mass is 530 g/mol. The summed E-state index contributed by atoms with van der Waals surface area (Å²) in [6.45, 7) is 1.56. The van der Waals surface area contributed by atoms with Crippen molar-refractivity contribution in [1.29, 1.82) is 5.26 Å². The third kappa shape index (κ3) is 4.47. The second-order valence-corrected chi connectivity index (χ2v) is 11.4. The lowest BCUT2D eigenvalue weighted by atomic mass is 9.80. The molecule has 8 nitrogen and oxygen atoms in total. The van der Waals surface area contributed by atoms with Crippen molar-refractivity contribution < 1.29 is 14.3 Å². The average Bonchev–Trinajstić information content (AvgIpc) is 3.52. The lowest BCUT2D eigenvalue weighted by Gasteiger charge is -2.36. The summed E-state index contributed by atoms with van der Waals surface area (Å²) in [6, 6.07) is 13.9. The Balaban J connectivity index is 1.41. The summed E-state index contributed by atoms with van der Waals surface area (Å²) in [5, 5.41) is 28.4. The zero-order valence-corrected chi connectivity index (χ0v) is 21.5. The van der Waals surface area contributed by atoms with Gasteiger partial charge in [0.1, 0.15) is 17.4 Å². The summed E-state index contributed by atoms with van der Waals surface area (Å²) in [4.78, 5) is 16.6. The van der Waals surface area contributed by atoms with E-state index in [1.807, 2.05) is 24.3 Å². The number of nitrogens with two attached hydrogens (primary N) is 1. The van der Waals surface area contributed by atoms with Crippen LogP contribution in [0.25, 0.3) is 32.6 Å². The highest BCUT2D eigenvalue weighted by Crippen LogP contribution is 2.41. The lowest BCUT2D eigenvalue weighted by Crippen LogP contribution is -2.45. The van der Waals surface area contributed by atoms with Crippen LogP contribution in [0, 0.1) is 17.1 Å². The zero-order valence-electron chi connectivity index (χ0n) is 20.7. The zero-order chi connectivity index (χ0) is 26.4. The SMILES string of the molecule is N#Cc1ccc(-c2cc(C(=O)N3CCCC(N)C3)sc2-c2ccc3c(c2)nnn3CC2(O)CCC2)cc1F. The number of halogens is 1. The fourth-order valence-electron chi connectivity index (χ4n) is 5.30. The number of amides is 1. The first kappa shape index (κ1) is 24.7. The molecule has 1 unspecified atom stereocenters. The van der Waals surface area contributed by atoms with Crippen LogP contribution in [0.2, 0.25) is 0 Å². The Labute approximate surface area is 223 Å². The van der Waals surface area contributed by atoms with E-state index in [0.29, 0.717) is 41.2 Å². The molecule has 0 bridgehead atoms. The Morgan fingerprint density at radius 1 is 1.21 bits per heavy atom. The van der Waals surface area contributed by atoms with E-state index >= 15 is 0 Å². The van der Waals surface area contributed by atoms with Gasteiger partial charge in [-0.2, -0.15) is 5.26 Å². The van der Waals surface area contributed by atoms with Crippen molar-refractivity contribution in [2.75, 3.05) is 13.1 Å². The van der Waals surface area contributed by atoms with Crippen LogP contribution in [0.3, 0.4) is 0 Å². The Kier molecular flexibility index (Phi) is 6.22. The number of aliphatic hydroxyl groups is 1. The van der Waals surface area contributed by atoms with Crippen molar-refractivity contribution in [3.63, 3.8) is 0 Å². The molecule has 3 heterocycles. The van der Waals surface area contributed by atoms with Gasteiger partial charge in [0, 0.05) is 29.6 Å². The molecule has 0 spiro atoms. The highest BCUT2D eigenvalue weighted by molar-refractivity contribution is 7.18. The molecule has 2 aliphatic rings. The number of thiophene rings is 1. The van der Waals surface area contributed by atoms with E-state index in [9.17, 15) is 14.3 Å². The van der Waals surface area contributed by atoms with Gasteiger partial charge in [0.2, 0.25) is 0 Å². The molecule has 6 rings (SSSR count). The number of likely N-dealkylation sites (tertiary alicyclic amines) is 1. The van der Waals surface area contributed by atoms with Gasteiger partial charge < -0.3 is 15.7 Å². The number of carbonyl (C=O) groups is 1. The van der Waals surface area contributed by atoms with Gasteiger partial charge in [0.05, 0.1) is 28.1 Å². The third-order valence-electron chi connectivity index (χ3n) is 7.59. The van der Waals surface area contributed by atoms with E-state index in [1.165, 1.54) is 23.5 Å². The molecular weight excluding hydrogens is 503 g/mol. The number of hydrogen-bond donors (Lipinski definition) is 2. The van der Waals surface area contributed by atoms with E-state index in [2.05, 4.69) is 10.3 Å². The maximum Gasteiger partial charge on any atom is 0.264 e. The van der Waals surface area contributed by atoms with Gasteiger partial charge in [-0.15, -0.1) is 16.4 Å². The Morgan fingerprint density at radius 3 is 2.74 bits per heavy atom. The summed E-state index contributed by atoms with van der Waals surface area (Å²) in [5.41, 5.74) is 8.96. The lowest BCUT2D eigenvalue weighted by molar-refractivity contribution is -0.0492. The van der Waals surface area contributed by atoms with E-state index in [0.717, 1.165) is 48.1 Å². The first-order chi connectivity index (χ1) is 18.3. The number of benzene rings is 2. The van der Waals surface area contributed by atoms with Crippen molar-refractivity contribution in [1.82, 2.24) is 19.9 Å². The van der Waals surface area contributed by atoms with Crippen LogP contribution < -0.4 is 5.73 Å². The minimum atomic E-state index is -0.730. The van der Waals surface area contributed by atoms with E-state index < -0.39 is 11.4 Å². The number of aromatic nitrogens is 3. The summed E-state index contributed by atoms with van der Waals surface area (Å²) in [7, 11) is 0. The van der Waals surface area contributed by atoms with E-state index in [4.69, 9.17) is 11.0 Å². The van der Waals surface area contributed by atoms with Crippen LogP contribution in [-0.2, 0) is 6.54 Å². The van der Waals surface area contributed by atoms with Gasteiger partial charge in [-0.3, -0.25) is 4.79 Å². The second-order valence-electron chi connectivity index (χ2n) is 10.3. The molecule has 0 radical (unpaired) electrons. The van der Waals surface area contributed by atoms with Crippen LogP contribution in [0.5, 0.6) is 0 Å². The fraction of sp³-hybridized carbons (Fsp3) is 0.357. The summed E-state index contributed by atoms with van der Waals surface area (Å²) in [6.07, 6.45) is 4.28. The van der Waals surface area contributed by atoms with Gasteiger partial charge in [0.15, 0.2) is 0 Å². The van der Waals surface area contributed by atoms with Crippen LogP contribution in [-0.4, -0.2) is 55.6 Å². The summed E-state index contributed by atoms with van der Waals surface area (Å²) < 4.78 is 16.3. The van der Waals surface area contributed by atoms with Gasteiger partial charge in [-0.05, 0) is 73.6 Å². The Hall–Kier alpha value is -3.65. The van der Waals surface area contributed by atoms with Crippen molar-refractivity contribution in [2.24, 2.45) is 5.73 Å². The molecule has 10 heteroatoms.